The minimum absolute atomic E-state index is 0.638. The summed E-state index contributed by atoms with van der Waals surface area (Å²) in [6.07, 6.45) is 4.42. The van der Waals surface area contributed by atoms with Crippen LogP contribution in [-0.4, -0.2) is 36.6 Å². The van der Waals surface area contributed by atoms with Crippen LogP contribution in [0, 0.1) is 5.92 Å². The molecule has 96 valence electrons. The molecule has 0 unspecified atom stereocenters. The van der Waals surface area contributed by atoms with Gasteiger partial charge in [0.25, 0.3) is 0 Å². The van der Waals surface area contributed by atoms with Crippen LogP contribution in [0.15, 0.2) is 24.3 Å². The predicted octanol–water partition coefficient (Wildman–Crippen LogP) is 1.94. The van der Waals surface area contributed by atoms with E-state index < -0.39 is 0 Å². The molecule has 3 aliphatic carbocycles. The van der Waals surface area contributed by atoms with Crippen molar-refractivity contribution in [2.75, 3.05) is 36.8 Å². The van der Waals surface area contributed by atoms with Gasteiger partial charge in [0, 0.05) is 31.7 Å². The van der Waals surface area contributed by atoms with Crippen molar-refractivity contribution in [3.8, 4) is 0 Å². The van der Waals surface area contributed by atoms with E-state index in [0.717, 1.165) is 24.7 Å². The SMILES string of the molecule is Nc1ccccc1N1CCN(C23CC(C2)C3)CC1. The number of benzene rings is 1. The van der Waals surface area contributed by atoms with Crippen LogP contribution in [0.4, 0.5) is 11.4 Å². The highest BCUT2D eigenvalue weighted by molar-refractivity contribution is 5.67. The van der Waals surface area contributed by atoms with Crippen LogP contribution in [0.2, 0.25) is 0 Å². The average molecular weight is 243 g/mol. The number of nitrogens with zero attached hydrogens (tertiary/aromatic N) is 2. The van der Waals surface area contributed by atoms with Gasteiger partial charge in [0.2, 0.25) is 0 Å². The fourth-order valence-electron chi connectivity index (χ4n) is 4.02. The van der Waals surface area contributed by atoms with Crippen molar-refractivity contribution in [2.24, 2.45) is 5.92 Å². The molecule has 2 N–H and O–H groups in total. The maximum absolute atomic E-state index is 6.06. The molecule has 0 amide bonds. The summed E-state index contributed by atoms with van der Waals surface area (Å²) in [4.78, 5) is 5.18. The topological polar surface area (TPSA) is 32.5 Å². The molecule has 4 aliphatic rings. The minimum atomic E-state index is 0.638. The number of para-hydroxylation sites is 2. The zero-order valence-corrected chi connectivity index (χ0v) is 10.8. The summed E-state index contributed by atoms with van der Waals surface area (Å²) in [5.41, 5.74) is 8.83. The lowest BCUT2D eigenvalue weighted by molar-refractivity contribution is -0.145. The molecule has 5 rings (SSSR count). The molecular formula is C15H21N3. The number of nitrogen functional groups attached to an aromatic ring is 1. The Morgan fingerprint density at radius 1 is 1.00 bits per heavy atom. The van der Waals surface area contributed by atoms with E-state index in [0.29, 0.717) is 5.54 Å². The largest absolute Gasteiger partial charge is 0.397 e. The number of hydrogen-bond donors (Lipinski definition) is 1. The number of anilines is 2. The van der Waals surface area contributed by atoms with Gasteiger partial charge in [-0.15, -0.1) is 0 Å². The molecule has 0 aromatic heterocycles. The van der Waals surface area contributed by atoms with E-state index in [1.165, 1.54) is 38.0 Å². The van der Waals surface area contributed by atoms with Gasteiger partial charge < -0.3 is 10.6 Å². The summed E-state index contributed by atoms with van der Waals surface area (Å²) in [6.45, 7) is 4.67. The van der Waals surface area contributed by atoms with Gasteiger partial charge >= 0.3 is 0 Å². The van der Waals surface area contributed by atoms with E-state index in [1.807, 2.05) is 12.1 Å². The molecule has 1 aromatic carbocycles. The van der Waals surface area contributed by atoms with E-state index in [-0.39, 0.29) is 0 Å². The van der Waals surface area contributed by atoms with Crippen LogP contribution in [0.25, 0.3) is 0 Å². The van der Waals surface area contributed by atoms with Crippen LogP contribution in [0.5, 0.6) is 0 Å². The quantitative estimate of drug-likeness (QED) is 0.806. The maximum atomic E-state index is 6.06. The molecule has 3 saturated carbocycles. The highest BCUT2D eigenvalue weighted by Gasteiger charge is 2.59. The van der Waals surface area contributed by atoms with Crippen LogP contribution >= 0.6 is 0 Å². The normalized spacial score (nSPS) is 34.9. The molecule has 0 atom stereocenters. The number of piperazine rings is 1. The zero-order chi connectivity index (χ0) is 12.2. The summed E-state index contributed by atoms with van der Waals surface area (Å²) in [5.74, 6) is 1.08. The molecule has 0 spiro atoms. The van der Waals surface area contributed by atoms with Crippen LogP contribution in [-0.2, 0) is 0 Å². The highest BCUT2D eigenvalue weighted by atomic mass is 15.3. The molecule has 2 bridgehead atoms. The van der Waals surface area contributed by atoms with Crippen molar-refractivity contribution in [1.29, 1.82) is 0 Å². The second-order valence-corrected chi connectivity index (χ2v) is 6.24. The van der Waals surface area contributed by atoms with E-state index in [2.05, 4.69) is 21.9 Å². The first-order valence-corrected chi connectivity index (χ1v) is 7.11. The Bertz CT molecular complexity index is 446. The first-order valence-electron chi connectivity index (χ1n) is 7.11. The Balaban J connectivity index is 1.44. The third-order valence-corrected chi connectivity index (χ3v) is 5.23. The van der Waals surface area contributed by atoms with Crippen molar-refractivity contribution in [3.63, 3.8) is 0 Å². The summed E-state index contributed by atoms with van der Waals surface area (Å²) in [7, 11) is 0. The van der Waals surface area contributed by atoms with Crippen LogP contribution < -0.4 is 10.6 Å². The van der Waals surface area contributed by atoms with E-state index in [4.69, 9.17) is 5.73 Å². The van der Waals surface area contributed by atoms with Gasteiger partial charge in [0.15, 0.2) is 0 Å². The lowest BCUT2D eigenvalue weighted by Crippen LogP contribution is -2.71. The van der Waals surface area contributed by atoms with Crippen molar-refractivity contribution < 1.29 is 0 Å². The Morgan fingerprint density at radius 2 is 1.67 bits per heavy atom. The number of hydrogen-bond acceptors (Lipinski definition) is 3. The van der Waals surface area contributed by atoms with E-state index >= 15 is 0 Å². The number of rotatable bonds is 2. The molecule has 1 aliphatic heterocycles. The molecule has 1 heterocycles. The number of nitrogens with two attached hydrogens (primary N) is 1. The fourth-order valence-corrected chi connectivity index (χ4v) is 4.02. The molecule has 1 saturated heterocycles. The van der Waals surface area contributed by atoms with Crippen molar-refractivity contribution in [3.05, 3.63) is 24.3 Å². The Morgan fingerprint density at radius 3 is 2.22 bits per heavy atom. The Hall–Kier alpha value is -1.22. The summed E-state index contributed by atoms with van der Waals surface area (Å²) >= 11 is 0. The smallest absolute Gasteiger partial charge is 0.0600 e. The Labute approximate surface area is 109 Å². The van der Waals surface area contributed by atoms with Crippen molar-refractivity contribution in [2.45, 2.75) is 24.8 Å². The van der Waals surface area contributed by atoms with Gasteiger partial charge in [0.1, 0.15) is 0 Å². The fraction of sp³-hybridized carbons (Fsp3) is 0.600. The zero-order valence-electron chi connectivity index (χ0n) is 10.8. The molecule has 3 nitrogen and oxygen atoms in total. The second kappa shape index (κ2) is 3.64. The predicted molar refractivity (Wildman–Crippen MR) is 74.7 cm³/mol. The van der Waals surface area contributed by atoms with Crippen molar-refractivity contribution in [1.82, 2.24) is 4.90 Å². The lowest BCUT2D eigenvalue weighted by Gasteiger charge is -2.67. The second-order valence-electron chi connectivity index (χ2n) is 6.24. The summed E-state index contributed by atoms with van der Waals surface area (Å²) < 4.78 is 0. The molecular weight excluding hydrogens is 222 g/mol. The molecule has 3 heteroatoms. The van der Waals surface area contributed by atoms with Crippen molar-refractivity contribution >= 4 is 11.4 Å². The first kappa shape index (κ1) is 10.7. The van der Waals surface area contributed by atoms with Crippen LogP contribution in [0.3, 0.4) is 0 Å². The Kier molecular flexibility index (Phi) is 2.16. The van der Waals surface area contributed by atoms with Gasteiger partial charge in [-0.2, -0.15) is 0 Å². The molecule has 18 heavy (non-hydrogen) atoms. The maximum Gasteiger partial charge on any atom is 0.0600 e. The summed E-state index contributed by atoms with van der Waals surface area (Å²) in [5, 5.41) is 0. The minimum Gasteiger partial charge on any atom is -0.397 e. The molecule has 4 fully saturated rings. The molecule has 1 aromatic rings. The third-order valence-electron chi connectivity index (χ3n) is 5.23. The van der Waals surface area contributed by atoms with E-state index in [1.54, 1.807) is 0 Å². The van der Waals surface area contributed by atoms with Gasteiger partial charge in [-0.3, -0.25) is 4.90 Å². The van der Waals surface area contributed by atoms with Gasteiger partial charge in [-0.1, -0.05) is 12.1 Å². The lowest BCUT2D eigenvalue weighted by atomic mass is 9.49. The monoisotopic (exact) mass is 243 g/mol. The van der Waals surface area contributed by atoms with E-state index in [9.17, 15) is 0 Å². The third kappa shape index (κ3) is 1.40. The first-order chi connectivity index (χ1) is 8.77. The summed E-state index contributed by atoms with van der Waals surface area (Å²) in [6, 6.07) is 8.24. The van der Waals surface area contributed by atoms with Gasteiger partial charge in [-0.25, -0.2) is 0 Å². The van der Waals surface area contributed by atoms with Crippen LogP contribution in [0.1, 0.15) is 19.3 Å². The average Bonchev–Trinajstić information content (AvgIpc) is 2.27. The highest BCUT2D eigenvalue weighted by Crippen LogP contribution is 2.60. The van der Waals surface area contributed by atoms with Gasteiger partial charge in [-0.05, 0) is 37.3 Å². The molecule has 0 radical (unpaired) electrons. The standard InChI is InChI=1S/C15H21N3/c16-13-3-1-2-4-14(13)17-5-7-18(8-6-17)15-9-12(10-15)11-15/h1-4,12H,5-11,16H2. The van der Waals surface area contributed by atoms with Gasteiger partial charge in [0.05, 0.1) is 11.4 Å².